The topological polar surface area (TPSA) is 66.0 Å². The lowest BCUT2D eigenvalue weighted by Crippen LogP contribution is -2.08. The summed E-state index contributed by atoms with van der Waals surface area (Å²) in [6, 6.07) is 5.07. The summed E-state index contributed by atoms with van der Waals surface area (Å²) in [6.45, 7) is 0.319. The Morgan fingerprint density at radius 2 is 2.26 bits per heavy atom. The van der Waals surface area contributed by atoms with E-state index in [1.807, 2.05) is 0 Å². The molecule has 1 aromatic carbocycles. The number of hydrogen-bond acceptors (Lipinski definition) is 4. The van der Waals surface area contributed by atoms with E-state index in [0.717, 1.165) is 18.5 Å². The molecule has 1 aliphatic carbocycles. The predicted molar refractivity (Wildman–Crippen MR) is 68.5 cm³/mol. The zero-order valence-corrected chi connectivity index (χ0v) is 10.6. The van der Waals surface area contributed by atoms with E-state index in [1.54, 1.807) is 22.9 Å². The largest absolute Gasteiger partial charge is 0.494 e. The highest BCUT2D eigenvalue weighted by Crippen LogP contribution is 2.42. The van der Waals surface area contributed by atoms with Gasteiger partial charge in [-0.1, -0.05) is 17.3 Å². The number of nitrogen functional groups attached to an aromatic ring is 1. The summed E-state index contributed by atoms with van der Waals surface area (Å²) >= 11 is 0. The van der Waals surface area contributed by atoms with Gasteiger partial charge in [-0.3, -0.25) is 0 Å². The van der Waals surface area contributed by atoms with Crippen molar-refractivity contribution in [3.8, 4) is 5.75 Å². The first-order chi connectivity index (χ1) is 9.20. The van der Waals surface area contributed by atoms with E-state index in [2.05, 4.69) is 10.3 Å². The van der Waals surface area contributed by atoms with Gasteiger partial charge in [0.1, 0.15) is 0 Å². The Balaban J connectivity index is 1.93. The Labute approximate surface area is 110 Å². The number of nitrogens with two attached hydrogens (primary N) is 1. The van der Waals surface area contributed by atoms with Crippen molar-refractivity contribution in [2.75, 3.05) is 12.8 Å². The van der Waals surface area contributed by atoms with Crippen LogP contribution in [0.15, 0.2) is 18.2 Å². The van der Waals surface area contributed by atoms with Crippen molar-refractivity contribution in [1.29, 1.82) is 0 Å². The van der Waals surface area contributed by atoms with Crippen molar-refractivity contribution in [3.05, 3.63) is 35.3 Å². The third kappa shape index (κ3) is 2.14. The highest BCUT2D eigenvalue weighted by molar-refractivity contribution is 5.39. The zero-order chi connectivity index (χ0) is 13.4. The fourth-order valence-electron chi connectivity index (χ4n) is 2.22. The molecule has 1 saturated carbocycles. The predicted octanol–water partition coefficient (Wildman–Crippen LogP) is 1.93. The fraction of sp³-hybridized carbons (Fsp3) is 0.385. The quantitative estimate of drug-likeness (QED) is 0.914. The van der Waals surface area contributed by atoms with Gasteiger partial charge in [0.25, 0.3) is 0 Å². The number of anilines is 1. The number of nitrogens with zero attached hydrogens (tertiary/aromatic N) is 3. The van der Waals surface area contributed by atoms with Crippen molar-refractivity contribution in [2.45, 2.75) is 25.3 Å². The average Bonchev–Trinajstić information content (AvgIpc) is 3.17. The summed E-state index contributed by atoms with van der Waals surface area (Å²) in [7, 11) is 1.45. The van der Waals surface area contributed by atoms with Crippen LogP contribution in [0.3, 0.4) is 0 Å². The van der Waals surface area contributed by atoms with E-state index in [4.69, 9.17) is 10.5 Å². The molecular formula is C13H15FN4O. The van der Waals surface area contributed by atoms with Crippen LogP contribution in [0, 0.1) is 5.82 Å². The standard InChI is InChI=1S/C13H15FN4O/c1-19-10-4-2-3-9(11(10)14)7-18-12(8-5-6-8)13(15)16-17-18/h2-4,8H,5-7,15H2,1H3. The maximum atomic E-state index is 14.1. The summed E-state index contributed by atoms with van der Waals surface area (Å²) in [5.41, 5.74) is 7.26. The van der Waals surface area contributed by atoms with E-state index in [-0.39, 0.29) is 11.6 Å². The van der Waals surface area contributed by atoms with Crippen LogP contribution in [0.2, 0.25) is 0 Å². The molecule has 0 saturated heterocycles. The first-order valence-corrected chi connectivity index (χ1v) is 6.21. The summed E-state index contributed by atoms with van der Waals surface area (Å²) in [4.78, 5) is 0. The molecular weight excluding hydrogens is 247 g/mol. The lowest BCUT2D eigenvalue weighted by Gasteiger charge is -2.09. The Morgan fingerprint density at radius 1 is 1.47 bits per heavy atom. The first kappa shape index (κ1) is 12.0. The molecule has 1 fully saturated rings. The maximum absolute atomic E-state index is 14.1. The van der Waals surface area contributed by atoms with Crippen molar-refractivity contribution in [2.24, 2.45) is 0 Å². The molecule has 0 amide bonds. The fourth-order valence-corrected chi connectivity index (χ4v) is 2.22. The minimum atomic E-state index is -0.360. The second-order valence-electron chi connectivity index (χ2n) is 4.73. The molecule has 2 N–H and O–H groups in total. The Bertz CT molecular complexity index is 607. The molecule has 0 radical (unpaired) electrons. The van der Waals surface area contributed by atoms with Crippen molar-refractivity contribution in [3.63, 3.8) is 0 Å². The van der Waals surface area contributed by atoms with Crippen LogP contribution in [-0.2, 0) is 6.54 Å². The summed E-state index contributed by atoms with van der Waals surface area (Å²) in [6.07, 6.45) is 2.19. The smallest absolute Gasteiger partial charge is 0.170 e. The van der Waals surface area contributed by atoms with Crippen molar-refractivity contribution in [1.82, 2.24) is 15.0 Å². The van der Waals surface area contributed by atoms with Crippen molar-refractivity contribution < 1.29 is 9.13 Å². The molecule has 0 atom stereocenters. The van der Waals surface area contributed by atoms with E-state index >= 15 is 0 Å². The normalized spacial score (nSPS) is 14.6. The number of aromatic nitrogens is 3. The van der Waals surface area contributed by atoms with Crippen LogP contribution in [0.4, 0.5) is 10.2 Å². The molecule has 2 aromatic rings. The summed E-state index contributed by atoms with van der Waals surface area (Å²) in [5.74, 6) is 0.744. The molecule has 0 unspecified atom stereocenters. The van der Waals surface area contributed by atoms with Gasteiger partial charge in [-0.05, 0) is 18.9 Å². The lowest BCUT2D eigenvalue weighted by atomic mass is 10.2. The maximum Gasteiger partial charge on any atom is 0.170 e. The summed E-state index contributed by atoms with van der Waals surface area (Å²) in [5, 5.41) is 7.89. The minimum absolute atomic E-state index is 0.235. The lowest BCUT2D eigenvalue weighted by molar-refractivity contribution is 0.383. The van der Waals surface area contributed by atoms with Gasteiger partial charge in [0.2, 0.25) is 0 Å². The van der Waals surface area contributed by atoms with Crippen molar-refractivity contribution >= 4 is 5.82 Å². The van der Waals surface area contributed by atoms with Gasteiger partial charge >= 0.3 is 0 Å². The molecule has 1 aliphatic rings. The highest BCUT2D eigenvalue weighted by atomic mass is 19.1. The van der Waals surface area contributed by atoms with E-state index in [9.17, 15) is 4.39 Å². The van der Waals surface area contributed by atoms with Gasteiger partial charge in [-0.25, -0.2) is 9.07 Å². The molecule has 100 valence electrons. The summed E-state index contributed by atoms with van der Waals surface area (Å²) < 4.78 is 20.8. The number of halogens is 1. The number of methoxy groups -OCH3 is 1. The van der Waals surface area contributed by atoms with Crippen LogP contribution in [0.25, 0.3) is 0 Å². The molecule has 5 nitrogen and oxygen atoms in total. The van der Waals surface area contributed by atoms with Gasteiger partial charge in [0.05, 0.1) is 19.3 Å². The second kappa shape index (κ2) is 4.53. The Kier molecular flexibility index (Phi) is 2.85. The van der Waals surface area contributed by atoms with Gasteiger partial charge in [-0.15, -0.1) is 5.10 Å². The molecule has 1 heterocycles. The van der Waals surface area contributed by atoms with Crippen LogP contribution in [0.1, 0.15) is 30.0 Å². The number of hydrogen-bond donors (Lipinski definition) is 1. The molecule has 19 heavy (non-hydrogen) atoms. The molecule has 0 aliphatic heterocycles. The monoisotopic (exact) mass is 262 g/mol. The second-order valence-corrected chi connectivity index (χ2v) is 4.73. The number of benzene rings is 1. The molecule has 6 heteroatoms. The van der Waals surface area contributed by atoms with Crippen LogP contribution in [-0.4, -0.2) is 22.1 Å². The number of ether oxygens (including phenoxy) is 1. The third-order valence-corrected chi connectivity index (χ3v) is 3.35. The van der Waals surface area contributed by atoms with E-state index in [0.29, 0.717) is 23.8 Å². The van der Waals surface area contributed by atoms with Crippen LogP contribution >= 0.6 is 0 Å². The minimum Gasteiger partial charge on any atom is -0.494 e. The molecule has 0 spiro atoms. The van der Waals surface area contributed by atoms with Gasteiger partial charge in [-0.2, -0.15) is 0 Å². The van der Waals surface area contributed by atoms with Gasteiger partial charge < -0.3 is 10.5 Å². The zero-order valence-electron chi connectivity index (χ0n) is 10.6. The Hall–Kier alpha value is -2.11. The van der Waals surface area contributed by atoms with Gasteiger partial charge in [0.15, 0.2) is 17.4 Å². The van der Waals surface area contributed by atoms with Crippen LogP contribution < -0.4 is 10.5 Å². The molecule has 3 rings (SSSR count). The Morgan fingerprint density at radius 3 is 2.95 bits per heavy atom. The number of rotatable bonds is 4. The SMILES string of the molecule is COc1cccc(Cn2nnc(N)c2C2CC2)c1F. The van der Waals surface area contributed by atoms with E-state index < -0.39 is 0 Å². The molecule has 0 bridgehead atoms. The van der Waals surface area contributed by atoms with Gasteiger partial charge in [0, 0.05) is 11.5 Å². The molecule has 1 aromatic heterocycles. The third-order valence-electron chi connectivity index (χ3n) is 3.35. The average molecular weight is 262 g/mol. The first-order valence-electron chi connectivity index (χ1n) is 6.21. The van der Waals surface area contributed by atoms with Crippen LogP contribution in [0.5, 0.6) is 5.75 Å². The van der Waals surface area contributed by atoms with E-state index in [1.165, 1.54) is 7.11 Å². The highest BCUT2D eigenvalue weighted by Gasteiger charge is 2.30.